The Morgan fingerprint density at radius 1 is 1.30 bits per heavy atom. The van der Waals surface area contributed by atoms with E-state index in [9.17, 15) is 0 Å². The quantitative estimate of drug-likeness (QED) is 0.704. The van der Waals surface area contributed by atoms with Gasteiger partial charge in [-0.15, -0.1) is 0 Å². The lowest BCUT2D eigenvalue weighted by Crippen LogP contribution is -2.36. The van der Waals surface area contributed by atoms with Crippen molar-refractivity contribution in [3.63, 3.8) is 0 Å². The molecule has 0 amide bonds. The third-order valence-electron chi connectivity index (χ3n) is 3.38. The topological polar surface area (TPSA) is 86.6 Å². The average molecular weight is 284 g/mol. The molecule has 1 atom stereocenters. The van der Waals surface area contributed by atoms with Gasteiger partial charge < -0.3 is 24.6 Å². The van der Waals surface area contributed by atoms with Crippen LogP contribution in [0, 0.1) is 0 Å². The maximum absolute atomic E-state index is 6.13. The Labute approximate surface area is 119 Å². The summed E-state index contributed by atoms with van der Waals surface area (Å²) in [6.07, 6.45) is 3.81. The number of nitrogens with zero attached hydrogens (tertiary/aromatic N) is 3. The summed E-state index contributed by atoms with van der Waals surface area (Å²) in [6, 6.07) is -0.204. The van der Waals surface area contributed by atoms with Gasteiger partial charge >= 0.3 is 0 Å². The molecule has 0 spiro atoms. The summed E-state index contributed by atoms with van der Waals surface area (Å²) in [6.45, 7) is 4.36. The van der Waals surface area contributed by atoms with Gasteiger partial charge in [-0.25, -0.2) is 0 Å². The number of hydrogen-bond acceptors (Lipinski definition) is 7. The molecular weight excluding hydrogens is 260 g/mol. The Kier molecular flexibility index (Phi) is 6.38. The minimum absolute atomic E-state index is 0.204. The lowest BCUT2D eigenvalue weighted by molar-refractivity contribution is 0.0494. The summed E-state index contributed by atoms with van der Waals surface area (Å²) in [7, 11) is 1.63. The molecule has 1 aliphatic heterocycles. The zero-order valence-electron chi connectivity index (χ0n) is 12.1. The summed E-state index contributed by atoms with van der Waals surface area (Å²) in [4.78, 5) is 6.64. The lowest BCUT2D eigenvalue weighted by atomic mass is 10.1. The van der Waals surface area contributed by atoms with Crippen molar-refractivity contribution in [1.29, 1.82) is 0 Å². The second-order valence-corrected chi connectivity index (χ2v) is 5.06. The Balaban J connectivity index is 1.75. The van der Waals surface area contributed by atoms with E-state index in [2.05, 4.69) is 15.0 Å². The summed E-state index contributed by atoms with van der Waals surface area (Å²) in [5, 5.41) is 3.93. The van der Waals surface area contributed by atoms with Gasteiger partial charge in [-0.2, -0.15) is 4.98 Å². The number of likely N-dealkylation sites (tertiary alicyclic amines) is 1. The Bertz CT molecular complexity index is 379. The summed E-state index contributed by atoms with van der Waals surface area (Å²) < 4.78 is 15.4. The van der Waals surface area contributed by atoms with Gasteiger partial charge in [0.2, 0.25) is 0 Å². The smallest absolute Gasteiger partial charge is 0.252 e. The van der Waals surface area contributed by atoms with Crippen LogP contribution in [0.3, 0.4) is 0 Å². The molecule has 114 valence electrons. The van der Waals surface area contributed by atoms with Crippen LogP contribution in [0.25, 0.3) is 0 Å². The number of rotatable bonds is 8. The fraction of sp³-hybridized carbons (Fsp3) is 0.846. The molecule has 1 aliphatic rings. The molecule has 20 heavy (non-hydrogen) atoms. The van der Waals surface area contributed by atoms with Gasteiger partial charge in [-0.1, -0.05) is 11.6 Å². The average Bonchev–Trinajstić information content (AvgIpc) is 2.94. The molecular formula is C13H24N4O3. The van der Waals surface area contributed by atoms with Gasteiger partial charge in [0.25, 0.3) is 5.89 Å². The van der Waals surface area contributed by atoms with Gasteiger partial charge in [0.1, 0.15) is 6.61 Å². The minimum Gasteiger partial charge on any atom is -0.382 e. The Hall–Kier alpha value is -1.02. The van der Waals surface area contributed by atoms with Crippen LogP contribution in [0.4, 0.5) is 0 Å². The van der Waals surface area contributed by atoms with Crippen molar-refractivity contribution in [2.24, 2.45) is 5.73 Å². The molecule has 1 aromatic heterocycles. The normalized spacial score (nSPS) is 18.3. The van der Waals surface area contributed by atoms with Crippen molar-refractivity contribution in [2.45, 2.75) is 31.9 Å². The number of piperidine rings is 1. The van der Waals surface area contributed by atoms with E-state index >= 15 is 0 Å². The van der Waals surface area contributed by atoms with E-state index in [4.69, 9.17) is 19.7 Å². The largest absolute Gasteiger partial charge is 0.382 e. The van der Waals surface area contributed by atoms with Crippen molar-refractivity contribution in [2.75, 3.05) is 40.0 Å². The Morgan fingerprint density at radius 2 is 2.10 bits per heavy atom. The highest BCUT2D eigenvalue weighted by Gasteiger charge is 2.19. The fourth-order valence-electron chi connectivity index (χ4n) is 2.28. The molecule has 0 radical (unpaired) electrons. The summed E-state index contributed by atoms with van der Waals surface area (Å²) >= 11 is 0. The van der Waals surface area contributed by atoms with E-state index in [1.54, 1.807) is 7.11 Å². The standard InChI is InChI=1S/C13H24N4O3/c1-18-7-8-19-10-12-15-13(16-20-12)11(14)9-17-5-3-2-4-6-17/h11H,2-10,14H2,1H3. The second-order valence-electron chi connectivity index (χ2n) is 5.06. The van der Waals surface area contributed by atoms with Crippen LogP contribution < -0.4 is 5.73 Å². The first kappa shape index (κ1) is 15.4. The van der Waals surface area contributed by atoms with Gasteiger partial charge in [0, 0.05) is 13.7 Å². The van der Waals surface area contributed by atoms with Crippen LogP contribution in [0.1, 0.15) is 37.0 Å². The van der Waals surface area contributed by atoms with Crippen LogP contribution >= 0.6 is 0 Å². The molecule has 0 aliphatic carbocycles. The molecule has 1 saturated heterocycles. The van der Waals surface area contributed by atoms with Gasteiger partial charge in [0.15, 0.2) is 5.82 Å². The van der Waals surface area contributed by atoms with Gasteiger partial charge in [-0.3, -0.25) is 0 Å². The second kappa shape index (κ2) is 8.31. The highest BCUT2D eigenvalue weighted by molar-refractivity contribution is 4.93. The highest BCUT2D eigenvalue weighted by Crippen LogP contribution is 2.14. The van der Waals surface area contributed by atoms with E-state index in [0.29, 0.717) is 31.5 Å². The zero-order chi connectivity index (χ0) is 14.2. The van der Waals surface area contributed by atoms with Crippen molar-refractivity contribution in [3.05, 3.63) is 11.7 Å². The Morgan fingerprint density at radius 3 is 2.85 bits per heavy atom. The number of hydrogen-bond donors (Lipinski definition) is 1. The molecule has 1 fully saturated rings. The third-order valence-corrected chi connectivity index (χ3v) is 3.38. The maximum atomic E-state index is 6.13. The maximum Gasteiger partial charge on any atom is 0.252 e. The molecule has 2 N–H and O–H groups in total. The zero-order valence-corrected chi connectivity index (χ0v) is 12.1. The van der Waals surface area contributed by atoms with Crippen LogP contribution in [0.5, 0.6) is 0 Å². The summed E-state index contributed by atoms with van der Waals surface area (Å²) in [5.41, 5.74) is 6.13. The van der Waals surface area contributed by atoms with E-state index in [0.717, 1.165) is 19.6 Å². The number of aromatic nitrogens is 2. The number of ether oxygens (including phenoxy) is 2. The van der Waals surface area contributed by atoms with Crippen molar-refractivity contribution >= 4 is 0 Å². The predicted octanol–water partition coefficient (Wildman–Crippen LogP) is 0.718. The molecule has 1 aromatic rings. The highest BCUT2D eigenvalue weighted by atomic mass is 16.5. The van der Waals surface area contributed by atoms with Gasteiger partial charge in [-0.05, 0) is 25.9 Å². The minimum atomic E-state index is -0.204. The van der Waals surface area contributed by atoms with E-state index < -0.39 is 0 Å². The van der Waals surface area contributed by atoms with Crippen LogP contribution in [0.2, 0.25) is 0 Å². The molecule has 0 bridgehead atoms. The van der Waals surface area contributed by atoms with Gasteiger partial charge in [0.05, 0.1) is 19.3 Å². The van der Waals surface area contributed by atoms with Crippen molar-refractivity contribution < 1.29 is 14.0 Å². The van der Waals surface area contributed by atoms with Crippen molar-refractivity contribution in [1.82, 2.24) is 15.0 Å². The predicted molar refractivity (Wildman–Crippen MR) is 73.0 cm³/mol. The third kappa shape index (κ3) is 4.82. The lowest BCUT2D eigenvalue weighted by Gasteiger charge is -2.27. The molecule has 0 saturated carbocycles. The molecule has 7 heteroatoms. The van der Waals surface area contributed by atoms with E-state index in [1.165, 1.54) is 19.3 Å². The SMILES string of the molecule is COCCOCc1nc(C(N)CN2CCCCC2)no1. The van der Waals surface area contributed by atoms with Crippen LogP contribution in [0.15, 0.2) is 4.52 Å². The monoisotopic (exact) mass is 284 g/mol. The fourth-order valence-corrected chi connectivity index (χ4v) is 2.28. The van der Waals surface area contributed by atoms with E-state index in [1.807, 2.05) is 0 Å². The number of nitrogens with two attached hydrogens (primary N) is 1. The first-order valence-corrected chi connectivity index (χ1v) is 7.16. The summed E-state index contributed by atoms with van der Waals surface area (Å²) in [5.74, 6) is 1.02. The van der Waals surface area contributed by atoms with Crippen LogP contribution in [-0.2, 0) is 16.1 Å². The first-order chi connectivity index (χ1) is 9.79. The first-order valence-electron chi connectivity index (χ1n) is 7.16. The van der Waals surface area contributed by atoms with Crippen LogP contribution in [-0.4, -0.2) is 55.0 Å². The molecule has 7 nitrogen and oxygen atoms in total. The number of methoxy groups -OCH3 is 1. The molecule has 0 aromatic carbocycles. The molecule has 1 unspecified atom stereocenters. The van der Waals surface area contributed by atoms with Crippen molar-refractivity contribution in [3.8, 4) is 0 Å². The van der Waals surface area contributed by atoms with E-state index in [-0.39, 0.29) is 6.04 Å². The molecule has 2 rings (SSSR count). The molecule has 2 heterocycles.